The predicted octanol–water partition coefficient (Wildman–Crippen LogP) is 4.95. The number of hydrogen-bond donors (Lipinski definition) is 2. The van der Waals surface area contributed by atoms with Crippen molar-refractivity contribution in [2.75, 3.05) is 45.5 Å². The van der Waals surface area contributed by atoms with Gasteiger partial charge in [0.05, 0.1) is 24.3 Å². The van der Waals surface area contributed by atoms with Crippen molar-refractivity contribution in [2.45, 2.75) is 50.4 Å². The molecule has 6 rings (SSSR count). The van der Waals surface area contributed by atoms with E-state index in [0.717, 1.165) is 64.0 Å². The molecule has 1 unspecified atom stereocenters. The minimum atomic E-state index is -0.567. The quantitative estimate of drug-likeness (QED) is 0.338. The molecule has 8 nitrogen and oxygen atoms in total. The number of piperazine rings is 1. The molecule has 0 bridgehead atoms. The number of rotatable bonds is 9. The highest BCUT2D eigenvalue weighted by Crippen LogP contribution is 2.29. The molecule has 230 valence electrons. The Morgan fingerprint density at radius 2 is 1.84 bits per heavy atom. The van der Waals surface area contributed by atoms with Crippen molar-refractivity contribution in [1.29, 1.82) is 0 Å². The molecule has 1 amide bonds. The fraction of sp³-hybridized carbons (Fsp3) is 0.400. The third kappa shape index (κ3) is 7.41. The van der Waals surface area contributed by atoms with Crippen molar-refractivity contribution in [3.8, 4) is 11.1 Å². The lowest BCUT2D eigenvalue weighted by Gasteiger charge is -2.33. The van der Waals surface area contributed by atoms with E-state index in [1.807, 2.05) is 0 Å². The second-order valence-corrected chi connectivity index (χ2v) is 12.2. The zero-order chi connectivity index (χ0) is 30.5. The highest BCUT2D eigenvalue weighted by Gasteiger charge is 2.30. The average Bonchev–Trinajstić information content (AvgIpc) is 3.49. The van der Waals surface area contributed by atoms with Crippen LogP contribution in [0.25, 0.3) is 11.1 Å². The van der Waals surface area contributed by atoms with Gasteiger partial charge in [-0.05, 0) is 67.6 Å². The van der Waals surface area contributed by atoms with Crippen LogP contribution < -0.4 is 11.1 Å². The number of nitrogens with zero attached hydrogens (tertiary/aromatic N) is 4. The molecule has 0 spiro atoms. The van der Waals surface area contributed by atoms with Gasteiger partial charge in [-0.25, -0.2) is 9.97 Å². The Balaban J connectivity index is 0.998. The number of halogens is 1. The Kier molecular flexibility index (Phi) is 9.45. The number of aromatic nitrogens is 2. The van der Waals surface area contributed by atoms with E-state index in [9.17, 15) is 9.18 Å². The number of benzene rings is 1. The van der Waals surface area contributed by atoms with Gasteiger partial charge in [0, 0.05) is 62.2 Å². The van der Waals surface area contributed by atoms with Crippen molar-refractivity contribution in [3.05, 3.63) is 101 Å². The zero-order valence-corrected chi connectivity index (χ0v) is 25.3. The summed E-state index contributed by atoms with van der Waals surface area (Å²) in [6.07, 6.45) is 13.7. The van der Waals surface area contributed by atoms with Crippen LogP contribution in [0.2, 0.25) is 0 Å². The zero-order valence-electron chi connectivity index (χ0n) is 25.3. The Morgan fingerprint density at radius 1 is 1.05 bits per heavy atom. The first kappa shape index (κ1) is 30.1. The lowest BCUT2D eigenvalue weighted by atomic mass is 9.89. The van der Waals surface area contributed by atoms with Crippen LogP contribution in [-0.4, -0.2) is 77.6 Å². The second kappa shape index (κ2) is 13.8. The Labute approximate surface area is 258 Å². The number of allylic oxidation sites excluding steroid dienone is 2. The van der Waals surface area contributed by atoms with Crippen LogP contribution >= 0.6 is 0 Å². The summed E-state index contributed by atoms with van der Waals surface area (Å²) in [6.45, 7) is 6.10. The molecule has 2 aromatic heterocycles. The van der Waals surface area contributed by atoms with Gasteiger partial charge < -0.3 is 20.7 Å². The number of ether oxygens (including phenoxy) is 1. The van der Waals surface area contributed by atoms with E-state index >= 15 is 0 Å². The number of likely N-dealkylation sites (N-methyl/N-ethyl adjacent to an activating group) is 1. The van der Waals surface area contributed by atoms with Gasteiger partial charge in [0.1, 0.15) is 5.82 Å². The third-order valence-electron chi connectivity index (χ3n) is 9.04. The third-order valence-corrected chi connectivity index (χ3v) is 9.04. The fourth-order valence-electron chi connectivity index (χ4n) is 6.26. The molecule has 0 radical (unpaired) electrons. The Hall–Kier alpha value is -3.92. The minimum Gasteiger partial charge on any atom is -0.383 e. The Morgan fingerprint density at radius 3 is 2.57 bits per heavy atom. The molecule has 3 aromatic rings. The van der Waals surface area contributed by atoms with E-state index < -0.39 is 5.95 Å². The highest BCUT2D eigenvalue weighted by atomic mass is 19.1. The molecule has 3 aliphatic rings. The first-order chi connectivity index (χ1) is 21.4. The van der Waals surface area contributed by atoms with E-state index in [0.29, 0.717) is 23.7 Å². The number of pyridine rings is 2. The molecule has 1 saturated carbocycles. The van der Waals surface area contributed by atoms with Gasteiger partial charge in [0.2, 0.25) is 5.95 Å². The maximum absolute atomic E-state index is 13.3. The number of hydrogen-bond acceptors (Lipinski definition) is 7. The predicted molar refractivity (Wildman–Crippen MR) is 170 cm³/mol. The summed E-state index contributed by atoms with van der Waals surface area (Å²) < 4.78 is 19.6. The van der Waals surface area contributed by atoms with Gasteiger partial charge in [-0.15, -0.1) is 0 Å². The summed E-state index contributed by atoms with van der Waals surface area (Å²) in [6, 6.07) is 13.1. The number of carbonyl (C=O) groups excluding carboxylic acids is 1. The molecule has 3 heterocycles. The summed E-state index contributed by atoms with van der Waals surface area (Å²) in [4.78, 5) is 26.0. The average molecular weight is 597 g/mol. The van der Waals surface area contributed by atoms with Crippen LogP contribution in [0.3, 0.4) is 0 Å². The van der Waals surface area contributed by atoms with Gasteiger partial charge in [-0.2, -0.15) is 4.39 Å². The smallest absolute Gasteiger partial charge is 0.255 e. The first-order valence-corrected chi connectivity index (χ1v) is 15.6. The largest absolute Gasteiger partial charge is 0.383 e. The van der Waals surface area contributed by atoms with Crippen molar-refractivity contribution in [3.63, 3.8) is 0 Å². The monoisotopic (exact) mass is 596 g/mol. The highest BCUT2D eigenvalue weighted by molar-refractivity contribution is 5.99. The number of nitrogens with two attached hydrogens (primary N) is 1. The van der Waals surface area contributed by atoms with E-state index in [4.69, 9.17) is 10.5 Å². The van der Waals surface area contributed by atoms with Gasteiger partial charge in [0.25, 0.3) is 5.91 Å². The normalized spacial score (nSPS) is 22.6. The molecule has 2 aliphatic carbocycles. The molecule has 9 heteroatoms. The van der Waals surface area contributed by atoms with E-state index in [1.165, 1.54) is 23.4 Å². The maximum Gasteiger partial charge on any atom is 0.255 e. The summed E-state index contributed by atoms with van der Waals surface area (Å²) in [5.41, 5.74) is 11.5. The minimum absolute atomic E-state index is 0.0811. The fourth-order valence-corrected chi connectivity index (χ4v) is 6.26. The number of nitrogens with one attached hydrogen (secondary N) is 1. The summed E-state index contributed by atoms with van der Waals surface area (Å²) in [7, 11) is 2.19. The van der Waals surface area contributed by atoms with Crippen LogP contribution in [0.5, 0.6) is 0 Å². The topological polar surface area (TPSA) is 96.6 Å². The molecule has 1 saturated heterocycles. The van der Waals surface area contributed by atoms with Gasteiger partial charge in [-0.1, -0.05) is 42.5 Å². The van der Waals surface area contributed by atoms with Crippen LogP contribution in [0.4, 0.5) is 10.2 Å². The number of amides is 1. The van der Waals surface area contributed by atoms with Crippen molar-refractivity contribution >= 4 is 11.7 Å². The molecular weight excluding hydrogens is 555 g/mol. The van der Waals surface area contributed by atoms with Gasteiger partial charge in [0.15, 0.2) is 0 Å². The molecular formula is C35H41FN6O2. The van der Waals surface area contributed by atoms with Crippen LogP contribution in [0, 0.1) is 5.95 Å². The Bertz CT molecular complexity index is 1500. The van der Waals surface area contributed by atoms with Crippen molar-refractivity contribution < 1.29 is 13.9 Å². The van der Waals surface area contributed by atoms with Gasteiger partial charge in [-0.3, -0.25) is 9.69 Å². The second-order valence-electron chi connectivity index (χ2n) is 12.2. The van der Waals surface area contributed by atoms with Crippen LogP contribution in [0.1, 0.15) is 53.1 Å². The summed E-state index contributed by atoms with van der Waals surface area (Å²) in [5, 5.41) is 3.12. The number of nitrogen functional groups attached to an aromatic ring is 1. The lowest BCUT2D eigenvalue weighted by molar-refractivity contribution is 0.0272. The SMILES string of the molecule is CN1CCN(CC2=CCC(c3ccc(CO[C@H]4CCC[C@@H]4NC(=O)c4cc(-c5ccc(F)nc5)cnc4N)cc3)C=C2)CC1. The van der Waals surface area contributed by atoms with E-state index in [2.05, 4.69) is 74.6 Å². The van der Waals surface area contributed by atoms with E-state index in [-0.39, 0.29) is 29.4 Å². The first-order valence-electron chi connectivity index (χ1n) is 15.6. The molecule has 2 fully saturated rings. The van der Waals surface area contributed by atoms with Crippen molar-refractivity contribution in [2.24, 2.45) is 0 Å². The van der Waals surface area contributed by atoms with E-state index in [1.54, 1.807) is 18.3 Å². The van der Waals surface area contributed by atoms with Crippen LogP contribution in [0.15, 0.2) is 78.7 Å². The number of carbonyl (C=O) groups is 1. The van der Waals surface area contributed by atoms with Crippen molar-refractivity contribution in [1.82, 2.24) is 25.1 Å². The molecule has 3 atom stereocenters. The summed E-state index contributed by atoms with van der Waals surface area (Å²) in [5.74, 6) is -0.317. The molecule has 44 heavy (non-hydrogen) atoms. The molecule has 1 aromatic carbocycles. The maximum atomic E-state index is 13.3. The molecule has 3 N–H and O–H groups in total. The standard InChI is InChI=1S/C35H41FN6O2/c1-41-15-17-42(18-16-41)22-24-5-9-26(10-6-24)27-11-7-25(8-12-27)23-44-32-4-2-3-31(32)40-35(43)30-19-29(21-39-34(30)37)28-13-14-33(36)38-20-28/h5-9,11-14,19-21,26,31-32H,2-4,10,15-18,22-23H2,1H3,(H2,37,39)(H,40,43)/t26?,31-,32-/m0/s1. The van der Waals surface area contributed by atoms with Gasteiger partial charge >= 0.3 is 0 Å². The van der Waals surface area contributed by atoms with Crippen LogP contribution in [-0.2, 0) is 11.3 Å². The number of anilines is 1. The lowest BCUT2D eigenvalue weighted by Crippen LogP contribution is -2.45. The summed E-state index contributed by atoms with van der Waals surface area (Å²) >= 11 is 0. The molecule has 1 aliphatic heterocycles.